The first kappa shape index (κ1) is 15.6. The number of hydrogen-bond acceptors (Lipinski definition) is 4. The number of nitrogens with one attached hydrogen (secondary N) is 1. The molecule has 110 valence electrons. The van der Waals surface area contributed by atoms with Crippen molar-refractivity contribution in [2.75, 3.05) is 33.3 Å². The van der Waals surface area contributed by atoms with Crippen molar-refractivity contribution in [3.63, 3.8) is 0 Å². The van der Waals surface area contributed by atoms with Crippen LogP contribution < -0.4 is 5.32 Å². The molecule has 4 nitrogen and oxygen atoms in total. The molecule has 1 heterocycles. The molecule has 20 heavy (non-hydrogen) atoms. The number of methoxy groups -OCH3 is 1. The molecule has 1 fully saturated rings. The Balaban J connectivity index is 2.44. The van der Waals surface area contributed by atoms with E-state index in [-0.39, 0.29) is 5.97 Å². The molecule has 1 atom stereocenters. The minimum atomic E-state index is -0.856. The van der Waals surface area contributed by atoms with E-state index in [9.17, 15) is 4.79 Å². The molecule has 1 aliphatic heterocycles. The van der Waals surface area contributed by atoms with Crippen LogP contribution in [0.5, 0.6) is 0 Å². The van der Waals surface area contributed by atoms with Gasteiger partial charge in [0.2, 0.25) is 0 Å². The van der Waals surface area contributed by atoms with Crippen molar-refractivity contribution in [3.05, 3.63) is 33.8 Å². The summed E-state index contributed by atoms with van der Waals surface area (Å²) in [6, 6.07) is 5.28. The quantitative estimate of drug-likeness (QED) is 0.869. The number of benzene rings is 1. The van der Waals surface area contributed by atoms with E-state index in [1.807, 2.05) is 13.0 Å². The number of ether oxygens (including phenoxy) is 1. The van der Waals surface area contributed by atoms with E-state index in [4.69, 9.17) is 27.9 Å². The zero-order chi connectivity index (χ0) is 14.8. The second-order valence-electron chi connectivity index (χ2n) is 4.93. The molecular formula is C14H18Cl2N2O2. The molecule has 6 heteroatoms. The molecule has 2 rings (SSSR count). The summed E-state index contributed by atoms with van der Waals surface area (Å²) < 4.78 is 5.02. The number of rotatable bonds is 3. The standard InChI is InChI=1S/C14H18Cl2N2O2/c1-14(13(19)20-2,18-7-5-17-6-8-18)10-3-4-11(15)12(16)9-10/h3-4,9,17H,5-8H2,1-2H3. The maximum absolute atomic E-state index is 12.4. The van der Waals surface area contributed by atoms with Crippen molar-refractivity contribution >= 4 is 29.2 Å². The predicted molar refractivity (Wildman–Crippen MR) is 80.3 cm³/mol. The monoisotopic (exact) mass is 316 g/mol. The SMILES string of the molecule is COC(=O)C(C)(c1ccc(Cl)c(Cl)c1)N1CCNCC1. The van der Waals surface area contributed by atoms with Crippen LogP contribution >= 0.6 is 23.2 Å². The van der Waals surface area contributed by atoms with Gasteiger partial charge in [-0.05, 0) is 24.6 Å². The largest absolute Gasteiger partial charge is 0.467 e. The number of carbonyl (C=O) groups excluding carboxylic acids is 1. The highest BCUT2D eigenvalue weighted by molar-refractivity contribution is 6.42. The Morgan fingerprint density at radius 3 is 2.50 bits per heavy atom. The summed E-state index contributed by atoms with van der Waals surface area (Å²) >= 11 is 12.1. The Morgan fingerprint density at radius 2 is 1.95 bits per heavy atom. The first-order valence-electron chi connectivity index (χ1n) is 6.50. The minimum absolute atomic E-state index is 0.294. The molecule has 1 aliphatic rings. The highest BCUT2D eigenvalue weighted by Crippen LogP contribution is 2.34. The number of piperazine rings is 1. The second-order valence-corrected chi connectivity index (χ2v) is 5.74. The number of halogens is 2. The summed E-state index contributed by atoms with van der Waals surface area (Å²) in [5, 5.41) is 4.19. The van der Waals surface area contributed by atoms with E-state index >= 15 is 0 Å². The summed E-state index contributed by atoms with van der Waals surface area (Å²) in [5.41, 5.74) is -0.0638. The summed E-state index contributed by atoms with van der Waals surface area (Å²) in [6.45, 7) is 5.09. The van der Waals surface area contributed by atoms with Gasteiger partial charge in [-0.25, -0.2) is 4.79 Å². The number of esters is 1. The Labute approximate surface area is 129 Å². The van der Waals surface area contributed by atoms with Gasteiger partial charge in [0.1, 0.15) is 5.54 Å². The number of nitrogens with zero attached hydrogens (tertiary/aromatic N) is 1. The summed E-state index contributed by atoms with van der Waals surface area (Å²) in [5.74, 6) is -0.294. The number of hydrogen-bond donors (Lipinski definition) is 1. The van der Waals surface area contributed by atoms with E-state index in [1.165, 1.54) is 7.11 Å². The second kappa shape index (κ2) is 6.31. The number of carbonyl (C=O) groups is 1. The summed E-state index contributed by atoms with van der Waals surface area (Å²) in [7, 11) is 1.40. The molecule has 0 aliphatic carbocycles. The molecule has 1 unspecified atom stereocenters. The van der Waals surface area contributed by atoms with Gasteiger partial charge in [0.25, 0.3) is 0 Å². The van der Waals surface area contributed by atoms with Crippen LogP contribution in [0.2, 0.25) is 10.0 Å². The van der Waals surface area contributed by atoms with Crippen molar-refractivity contribution < 1.29 is 9.53 Å². The first-order chi connectivity index (χ1) is 9.50. The maximum Gasteiger partial charge on any atom is 0.330 e. The van der Waals surface area contributed by atoms with Crippen molar-refractivity contribution in [1.29, 1.82) is 0 Å². The van der Waals surface area contributed by atoms with Gasteiger partial charge in [-0.1, -0.05) is 29.3 Å². The van der Waals surface area contributed by atoms with Crippen LogP contribution in [0, 0.1) is 0 Å². The lowest BCUT2D eigenvalue weighted by molar-refractivity contribution is -0.155. The molecule has 0 bridgehead atoms. The normalized spacial score (nSPS) is 19.4. The van der Waals surface area contributed by atoms with Gasteiger partial charge in [-0.3, -0.25) is 4.90 Å². The lowest BCUT2D eigenvalue weighted by Crippen LogP contribution is -2.57. The minimum Gasteiger partial charge on any atom is -0.467 e. The van der Waals surface area contributed by atoms with Crippen molar-refractivity contribution in [2.24, 2.45) is 0 Å². The van der Waals surface area contributed by atoms with Gasteiger partial charge in [0.15, 0.2) is 0 Å². The van der Waals surface area contributed by atoms with Crippen molar-refractivity contribution in [3.8, 4) is 0 Å². The van der Waals surface area contributed by atoms with Gasteiger partial charge in [0, 0.05) is 26.2 Å². The smallest absolute Gasteiger partial charge is 0.330 e. The summed E-state index contributed by atoms with van der Waals surface area (Å²) in [4.78, 5) is 14.5. The molecule has 1 saturated heterocycles. The Bertz CT molecular complexity index is 504. The third kappa shape index (κ3) is 2.79. The van der Waals surface area contributed by atoms with Crippen LogP contribution in [0.3, 0.4) is 0 Å². The summed E-state index contributed by atoms with van der Waals surface area (Å²) in [6.07, 6.45) is 0. The van der Waals surface area contributed by atoms with Crippen LogP contribution in [0.4, 0.5) is 0 Å². The maximum atomic E-state index is 12.4. The first-order valence-corrected chi connectivity index (χ1v) is 7.25. The Kier molecular flexibility index (Phi) is 4.91. The lowest BCUT2D eigenvalue weighted by Gasteiger charge is -2.41. The molecule has 1 aromatic carbocycles. The van der Waals surface area contributed by atoms with Gasteiger partial charge in [-0.15, -0.1) is 0 Å². The lowest BCUT2D eigenvalue weighted by atomic mass is 9.89. The van der Waals surface area contributed by atoms with E-state index < -0.39 is 5.54 Å². The van der Waals surface area contributed by atoms with Crippen LogP contribution in [0.25, 0.3) is 0 Å². The van der Waals surface area contributed by atoms with Crippen molar-refractivity contribution in [1.82, 2.24) is 10.2 Å². The van der Waals surface area contributed by atoms with Crippen LogP contribution in [0.15, 0.2) is 18.2 Å². The topological polar surface area (TPSA) is 41.6 Å². The fourth-order valence-electron chi connectivity index (χ4n) is 2.54. The molecule has 1 N–H and O–H groups in total. The highest BCUT2D eigenvalue weighted by atomic mass is 35.5. The average molecular weight is 317 g/mol. The van der Waals surface area contributed by atoms with Gasteiger partial charge < -0.3 is 10.1 Å². The zero-order valence-electron chi connectivity index (χ0n) is 11.6. The zero-order valence-corrected chi connectivity index (χ0v) is 13.1. The third-order valence-corrected chi connectivity index (χ3v) is 4.55. The van der Waals surface area contributed by atoms with E-state index in [0.29, 0.717) is 10.0 Å². The predicted octanol–water partition coefficient (Wildman–Crippen LogP) is 2.29. The van der Waals surface area contributed by atoms with Crippen LogP contribution in [-0.4, -0.2) is 44.2 Å². The Morgan fingerprint density at radius 1 is 1.30 bits per heavy atom. The van der Waals surface area contributed by atoms with Gasteiger partial charge >= 0.3 is 5.97 Å². The van der Waals surface area contributed by atoms with Crippen molar-refractivity contribution in [2.45, 2.75) is 12.5 Å². The molecular weight excluding hydrogens is 299 g/mol. The van der Waals surface area contributed by atoms with E-state index in [1.54, 1.807) is 12.1 Å². The fraction of sp³-hybridized carbons (Fsp3) is 0.500. The molecule has 0 amide bonds. The molecule has 0 aromatic heterocycles. The third-order valence-electron chi connectivity index (χ3n) is 3.81. The molecule has 0 saturated carbocycles. The van der Waals surface area contributed by atoms with Crippen LogP contribution in [-0.2, 0) is 15.1 Å². The molecule has 0 radical (unpaired) electrons. The molecule has 1 aromatic rings. The fourth-order valence-corrected chi connectivity index (χ4v) is 2.84. The van der Waals surface area contributed by atoms with E-state index in [2.05, 4.69) is 10.2 Å². The molecule has 0 spiro atoms. The van der Waals surface area contributed by atoms with Gasteiger partial charge in [-0.2, -0.15) is 0 Å². The van der Waals surface area contributed by atoms with Gasteiger partial charge in [0.05, 0.1) is 17.2 Å². The van der Waals surface area contributed by atoms with Crippen LogP contribution in [0.1, 0.15) is 12.5 Å². The van der Waals surface area contributed by atoms with E-state index in [0.717, 1.165) is 31.7 Å². The highest BCUT2D eigenvalue weighted by Gasteiger charge is 2.42. The Hall–Kier alpha value is -0.810. The average Bonchev–Trinajstić information content (AvgIpc) is 2.49.